The minimum absolute atomic E-state index is 0.218. The maximum absolute atomic E-state index is 11.7. The molecule has 1 amide bonds. The predicted molar refractivity (Wildman–Crippen MR) is 84.2 cm³/mol. The highest BCUT2D eigenvalue weighted by atomic mass is 16.5. The molecule has 4 nitrogen and oxygen atoms in total. The number of alkyl carbamates (subject to hydrolysis) is 1. The van der Waals surface area contributed by atoms with Gasteiger partial charge in [-0.05, 0) is 23.3 Å². The number of carbonyl (C=O) groups is 1. The first-order valence-electron chi connectivity index (χ1n) is 6.87. The van der Waals surface area contributed by atoms with Crippen LogP contribution in [0.15, 0.2) is 54.6 Å². The summed E-state index contributed by atoms with van der Waals surface area (Å²) in [5.74, 6) is 3.08. The van der Waals surface area contributed by atoms with E-state index in [2.05, 4.69) is 11.2 Å². The monoisotopic (exact) mass is 295 g/mol. The van der Waals surface area contributed by atoms with Gasteiger partial charge in [0.2, 0.25) is 0 Å². The summed E-state index contributed by atoms with van der Waals surface area (Å²) in [7, 11) is 0. The van der Waals surface area contributed by atoms with Crippen molar-refractivity contribution >= 4 is 6.09 Å². The molecule has 0 aliphatic carbocycles. The molecule has 0 atom stereocenters. The standard InChI is InChI=1S/C18H17NO3/c1-2-11-21-17-10-6-9-16(12-17)13-19-18(20)22-14-15-7-4-3-5-8-15/h1,3-10,12H,11,13-14H2,(H,19,20). The molecule has 22 heavy (non-hydrogen) atoms. The van der Waals surface area contributed by atoms with Crippen molar-refractivity contribution < 1.29 is 14.3 Å². The van der Waals surface area contributed by atoms with Crippen molar-refractivity contribution in [3.8, 4) is 18.1 Å². The normalized spacial score (nSPS) is 9.59. The molecule has 1 N–H and O–H groups in total. The third-order valence-electron chi connectivity index (χ3n) is 2.87. The van der Waals surface area contributed by atoms with Gasteiger partial charge in [0, 0.05) is 6.54 Å². The van der Waals surface area contributed by atoms with Gasteiger partial charge in [-0.15, -0.1) is 6.42 Å². The SMILES string of the molecule is C#CCOc1cccc(CNC(=O)OCc2ccccc2)c1. The summed E-state index contributed by atoms with van der Waals surface area (Å²) < 4.78 is 10.5. The Kier molecular flexibility index (Phi) is 5.89. The Balaban J connectivity index is 1.77. The number of hydrogen-bond donors (Lipinski definition) is 1. The Morgan fingerprint density at radius 1 is 1.09 bits per heavy atom. The van der Waals surface area contributed by atoms with Crippen molar-refractivity contribution in [2.45, 2.75) is 13.2 Å². The number of carbonyl (C=O) groups excluding carboxylic acids is 1. The Morgan fingerprint density at radius 3 is 2.64 bits per heavy atom. The summed E-state index contributed by atoms with van der Waals surface area (Å²) in [6.45, 7) is 0.828. The molecule has 4 heteroatoms. The minimum Gasteiger partial charge on any atom is -0.481 e. The molecule has 112 valence electrons. The van der Waals surface area contributed by atoms with E-state index >= 15 is 0 Å². The fraction of sp³-hybridized carbons (Fsp3) is 0.167. The van der Waals surface area contributed by atoms with Crippen molar-refractivity contribution in [3.63, 3.8) is 0 Å². The van der Waals surface area contributed by atoms with Crippen LogP contribution in [0.25, 0.3) is 0 Å². The van der Waals surface area contributed by atoms with Gasteiger partial charge < -0.3 is 14.8 Å². The number of terminal acetylenes is 1. The summed E-state index contributed by atoms with van der Waals surface area (Å²) in [6.07, 6.45) is 4.69. The van der Waals surface area contributed by atoms with E-state index in [-0.39, 0.29) is 13.2 Å². The highest BCUT2D eigenvalue weighted by Crippen LogP contribution is 2.13. The molecule has 2 rings (SSSR count). The molecule has 0 heterocycles. The lowest BCUT2D eigenvalue weighted by Crippen LogP contribution is -2.23. The van der Waals surface area contributed by atoms with Crippen LogP contribution in [0.1, 0.15) is 11.1 Å². The lowest BCUT2D eigenvalue weighted by molar-refractivity contribution is 0.139. The molecule has 0 aromatic heterocycles. The Morgan fingerprint density at radius 2 is 1.86 bits per heavy atom. The van der Waals surface area contributed by atoms with Gasteiger partial charge in [0.05, 0.1) is 0 Å². The van der Waals surface area contributed by atoms with E-state index < -0.39 is 6.09 Å². The number of ether oxygens (including phenoxy) is 2. The van der Waals surface area contributed by atoms with Gasteiger partial charge in [-0.1, -0.05) is 48.4 Å². The van der Waals surface area contributed by atoms with Crippen LogP contribution in [-0.2, 0) is 17.9 Å². The van der Waals surface area contributed by atoms with E-state index in [9.17, 15) is 4.79 Å². The van der Waals surface area contributed by atoms with E-state index in [1.807, 2.05) is 54.6 Å². The van der Waals surface area contributed by atoms with Gasteiger partial charge in [0.25, 0.3) is 0 Å². The zero-order chi connectivity index (χ0) is 15.6. The van der Waals surface area contributed by atoms with Crippen molar-refractivity contribution in [3.05, 3.63) is 65.7 Å². The van der Waals surface area contributed by atoms with Gasteiger partial charge in [0.1, 0.15) is 19.0 Å². The highest BCUT2D eigenvalue weighted by Gasteiger charge is 2.03. The summed E-state index contributed by atoms with van der Waals surface area (Å²) in [5, 5.41) is 2.70. The summed E-state index contributed by atoms with van der Waals surface area (Å²) in [6, 6.07) is 16.9. The second-order valence-corrected chi connectivity index (χ2v) is 4.56. The molecule has 0 radical (unpaired) electrons. The second-order valence-electron chi connectivity index (χ2n) is 4.56. The van der Waals surface area contributed by atoms with Crippen LogP contribution in [0, 0.1) is 12.3 Å². The number of hydrogen-bond acceptors (Lipinski definition) is 3. The maximum Gasteiger partial charge on any atom is 0.407 e. The smallest absolute Gasteiger partial charge is 0.407 e. The molecule has 0 unspecified atom stereocenters. The van der Waals surface area contributed by atoms with Gasteiger partial charge in [-0.2, -0.15) is 0 Å². The number of nitrogens with one attached hydrogen (secondary N) is 1. The quantitative estimate of drug-likeness (QED) is 0.833. The Labute approximate surface area is 130 Å². The first kappa shape index (κ1) is 15.5. The average molecular weight is 295 g/mol. The van der Waals surface area contributed by atoms with Crippen LogP contribution in [0.3, 0.4) is 0 Å². The molecule has 0 spiro atoms. The van der Waals surface area contributed by atoms with Crippen molar-refractivity contribution in [1.29, 1.82) is 0 Å². The molecule has 0 saturated heterocycles. The molecule has 0 saturated carbocycles. The number of benzene rings is 2. The zero-order valence-corrected chi connectivity index (χ0v) is 12.1. The van der Waals surface area contributed by atoms with Crippen LogP contribution in [0.2, 0.25) is 0 Å². The van der Waals surface area contributed by atoms with Gasteiger partial charge in [0.15, 0.2) is 0 Å². The van der Waals surface area contributed by atoms with Gasteiger partial charge in [-0.3, -0.25) is 0 Å². The summed E-state index contributed by atoms with van der Waals surface area (Å²) in [5.41, 5.74) is 1.86. The second kappa shape index (κ2) is 8.38. The van der Waals surface area contributed by atoms with E-state index in [1.54, 1.807) is 0 Å². The van der Waals surface area contributed by atoms with Crippen molar-refractivity contribution in [2.75, 3.05) is 6.61 Å². The largest absolute Gasteiger partial charge is 0.481 e. The molecule has 2 aromatic carbocycles. The van der Waals surface area contributed by atoms with E-state index in [0.29, 0.717) is 12.3 Å². The molecule has 0 fully saturated rings. The predicted octanol–water partition coefficient (Wildman–Crippen LogP) is 3.13. The Bertz CT molecular complexity index is 647. The molecule has 2 aromatic rings. The van der Waals surface area contributed by atoms with Crippen LogP contribution in [0.5, 0.6) is 5.75 Å². The summed E-state index contributed by atoms with van der Waals surface area (Å²) in [4.78, 5) is 11.7. The fourth-order valence-corrected chi connectivity index (χ4v) is 1.82. The average Bonchev–Trinajstić information content (AvgIpc) is 2.57. The maximum atomic E-state index is 11.7. The van der Waals surface area contributed by atoms with Crippen LogP contribution in [0.4, 0.5) is 4.79 Å². The first-order chi connectivity index (χ1) is 10.8. The minimum atomic E-state index is -0.459. The van der Waals surface area contributed by atoms with Crippen molar-refractivity contribution in [1.82, 2.24) is 5.32 Å². The topological polar surface area (TPSA) is 47.6 Å². The Hall–Kier alpha value is -2.93. The van der Waals surface area contributed by atoms with Gasteiger partial charge in [-0.25, -0.2) is 4.79 Å². The fourth-order valence-electron chi connectivity index (χ4n) is 1.82. The zero-order valence-electron chi connectivity index (χ0n) is 12.1. The van der Waals surface area contributed by atoms with E-state index in [1.165, 1.54) is 0 Å². The van der Waals surface area contributed by atoms with E-state index in [4.69, 9.17) is 15.9 Å². The molecule has 0 bridgehead atoms. The highest BCUT2D eigenvalue weighted by molar-refractivity contribution is 5.67. The van der Waals surface area contributed by atoms with Crippen LogP contribution >= 0.6 is 0 Å². The lowest BCUT2D eigenvalue weighted by atomic mass is 10.2. The van der Waals surface area contributed by atoms with Crippen LogP contribution < -0.4 is 10.1 Å². The molecule has 0 aliphatic heterocycles. The van der Waals surface area contributed by atoms with E-state index in [0.717, 1.165) is 11.1 Å². The molecular formula is C18H17NO3. The van der Waals surface area contributed by atoms with Crippen molar-refractivity contribution in [2.24, 2.45) is 0 Å². The molecule has 0 aliphatic rings. The first-order valence-corrected chi connectivity index (χ1v) is 6.87. The third-order valence-corrected chi connectivity index (χ3v) is 2.87. The van der Waals surface area contributed by atoms with Gasteiger partial charge >= 0.3 is 6.09 Å². The lowest BCUT2D eigenvalue weighted by Gasteiger charge is -2.08. The number of rotatable bonds is 6. The third kappa shape index (κ3) is 5.22. The molecular weight excluding hydrogens is 278 g/mol. The van der Waals surface area contributed by atoms with Crippen LogP contribution in [-0.4, -0.2) is 12.7 Å². The summed E-state index contributed by atoms with van der Waals surface area (Å²) >= 11 is 0. The number of amides is 1.